The van der Waals surface area contributed by atoms with Gasteiger partial charge in [0.25, 0.3) is 5.91 Å². The van der Waals surface area contributed by atoms with Crippen LogP contribution in [0.4, 0.5) is 4.39 Å². The molecule has 0 atom stereocenters. The van der Waals surface area contributed by atoms with E-state index in [-0.39, 0.29) is 11.7 Å². The maximum absolute atomic E-state index is 12.8. The van der Waals surface area contributed by atoms with E-state index in [9.17, 15) is 9.18 Å². The van der Waals surface area contributed by atoms with E-state index in [0.29, 0.717) is 6.54 Å². The molecular weight excluding hydrogens is 297 g/mol. The molecule has 2 aromatic carbocycles. The van der Waals surface area contributed by atoms with Gasteiger partial charge in [-0.1, -0.05) is 31.2 Å². The summed E-state index contributed by atoms with van der Waals surface area (Å²) >= 11 is 1.67. The summed E-state index contributed by atoms with van der Waals surface area (Å²) < 4.78 is 12.8. The number of aryl methyl sites for hydroxylation is 1. The Hall–Kier alpha value is -1.81. The molecule has 116 valence electrons. The second-order valence-corrected chi connectivity index (χ2v) is 6.22. The molecule has 2 aromatic rings. The Morgan fingerprint density at radius 2 is 1.86 bits per heavy atom. The Labute approximate surface area is 135 Å². The standard InChI is InChI=1S/C18H20FNOS/c1-2-22-17-8-4-3-7-16(17)18(21)20-13-5-6-14-9-11-15(19)12-10-14/h3-4,7-12H,2,5-6,13H2,1H3,(H,20,21). The van der Waals surface area contributed by atoms with Crippen molar-refractivity contribution in [2.75, 3.05) is 12.3 Å². The first-order valence-corrected chi connectivity index (χ1v) is 8.43. The number of halogens is 1. The number of amides is 1. The molecule has 0 aliphatic rings. The molecule has 1 N–H and O–H groups in total. The molecule has 0 saturated carbocycles. The van der Waals surface area contributed by atoms with Gasteiger partial charge in [0, 0.05) is 11.4 Å². The van der Waals surface area contributed by atoms with Gasteiger partial charge in [0.15, 0.2) is 0 Å². The van der Waals surface area contributed by atoms with Gasteiger partial charge >= 0.3 is 0 Å². The van der Waals surface area contributed by atoms with Gasteiger partial charge in [-0.05, 0) is 48.4 Å². The van der Waals surface area contributed by atoms with Gasteiger partial charge < -0.3 is 5.32 Å². The van der Waals surface area contributed by atoms with Gasteiger partial charge in [-0.3, -0.25) is 4.79 Å². The van der Waals surface area contributed by atoms with Crippen molar-refractivity contribution >= 4 is 17.7 Å². The van der Waals surface area contributed by atoms with E-state index in [0.717, 1.165) is 34.6 Å². The SMILES string of the molecule is CCSc1ccccc1C(=O)NCCCc1ccc(F)cc1. The largest absolute Gasteiger partial charge is 0.352 e. The second-order valence-electron chi connectivity index (χ2n) is 4.92. The Morgan fingerprint density at radius 1 is 1.14 bits per heavy atom. The van der Waals surface area contributed by atoms with Crippen molar-refractivity contribution in [2.24, 2.45) is 0 Å². The molecule has 0 saturated heterocycles. The summed E-state index contributed by atoms with van der Waals surface area (Å²) in [6, 6.07) is 14.2. The van der Waals surface area contributed by atoms with Gasteiger partial charge in [-0.25, -0.2) is 4.39 Å². The minimum Gasteiger partial charge on any atom is -0.352 e. The average molecular weight is 317 g/mol. The summed E-state index contributed by atoms with van der Waals surface area (Å²) in [5.41, 5.74) is 1.81. The average Bonchev–Trinajstić information content (AvgIpc) is 2.54. The minimum absolute atomic E-state index is 0.0318. The van der Waals surface area contributed by atoms with E-state index in [2.05, 4.69) is 12.2 Å². The zero-order chi connectivity index (χ0) is 15.8. The molecule has 0 spiro atoms. The van der Waals surface area contributed by atoms with Crippen LogP contribution in [-0.2, 0) is 6.42 Å². The summed E-state index contributed by atoms with van der Waals surface area (Å²) in [6.45, 7) is 2.68. The molecule has 0 unspecified atom stereocenters. The summed E-state index contributed by atoms with van der Waals surface area (Å²) in [7, 11) is 0. The first-order chi connectivity index (χ1) is 10.7. The molecule has 0 aromatic heterocycles. The highest BCUT2D eigenvalue weighted by Crippen LogP contribution is 2.22. The first-order valence-electron chi connectivity index (χ1n) is 7.45. The lowest BCUT2D eigenvalue weighted by molar-refractivity contribution is 0.0950. The number of carbonyl (C=O) groups is 1. The molecule has 0 heterocycles. The van der Waals surface area contributed by atoms with Crippen LogP contribution in [0.3, 0.4) is 0 Å². The molecular formula is C18H20FNOS. The number of rotatable bonds is 7. The fraction of sp³-hybridized carbons (Fsp3) is 0.278. The van der Waals surface area contributed by atoms with E-state index in [1.54, 1.807) is 23.9 Å². The minimum atomic E-state index is -0.220. The quantitative estimate of drug-likeness (QED) is 0.609. The fourth-order valence-electron chi connectivity index (χ4n) is 2.18. The maximum Gasteiger partial charge on any atom is 0.252 e. The number of nitrogens with one attached hydrogen (secondary N) is 1. The van der Waals surface area contributed by atoms with Crippen molar-refractivity contribution in [1.29, 1.82) is 0 Å². The highest BCUT2D eigenvalue weighted by Gasteiger charge is 2.09. The molecule has 0 aliphatic heterocycles. The summed E-state index contributed by atoms with van der Waals surface area (Å²) in [5.74, 6) is 0.687. The first kappa shape index (κ1) is 16.6. The van der Waals surface area contributed by atoms with E-state index in [1.807, 2.05) is 24.3 Å². The van der Waals surface area contributed by atoms with Crippen LogP contribution in [0.15, 0.2) is 53.4 Å². The van der Waals surface area contributed by atoms with Crippen LogP contribution in [0, 0.1) is 5.82 Å². The zero-order valence-corrected chi connectivity index (χ0v) is 13.5. The van der Waals surface area contributed by atoms with Crippen molar-refractivity contribution in [3.8, 4) is 0 Å². The van der Waals surface area contributed by atoms with Gasteiger partial charge in [0.05, 0.1) is 5.56 Å². The molecule has 22 heavy (non-hydrogen) atoms. The number of benzene rings is 2. The number of hydrogen-bond acceptors (Lipinski definition) is 2. The highest BCUT2D eigenvalue weighted by molar-refractivity contribution is 7.99. The maximum atomic E-state index is 12.8. The van der Waals surface area contributed by atoms with Gasteiger partial charge in [-0.2, -0.15) is 0 Å². The predicted octanol–water partition coefficient (Wildman–Crippen LogP) is 4.30. The van der Waals surface area contributed by atoms with Gasteiger partial charge in [-0.15, -0.1) is 11.8 Å². The van der Waals surface area contributed by atoms with Crippen LogP contribution in [-0.4, -0.2) is 18.2 Å². The number of hydrogen-bond donors (Lipinski definition) is 1. The molecule has 2 nitrogen and oxygen atoms in total. The predicted molar refractivity (Wildman–Crippen MR) is 89.9 cm³/mol. The van der Waals surface area contributed by atoms with Crippen LogP contribution in [0.5, 0.6) is 0 Å². The van der Waals surface area contributed by atoms with Crippen molar-refractivity contribution in [2.45, 2.75) is 24.7 Å². The Balaban J connectivity index is 1.81. The van der Waals surface area contributed by atoms with Gasteiger partial charge in [0.2, 0.25) is 0 Å². The third-order valence-corrected chi connectivity index (χ3v) is 4.23. The zero-order valence-electron chi connectivity index (χ0n) is 12.6. The monoisotopic (exact) mass is 317 g/mol. The second kappa shape index (κ2) is 8.59. The normalized spacial score (nSPS) is 10.5. The van der Waals surface area contributed by atoms with Crippen LogP contribution in [0.2, 0.25) is 0 Å². The van der Waals surface area contributed by atoms with Crippen molar-refractivity contribution in [1.82, 2.24) is 5.32 Å². The van der Waals surface area contributed by atoms with Crippen molar-refractivity contribution in [3.63, 3.8) is 0 Å². The molecule has 4 heteroatoms. The highest BCUT2D eigenvalue weighted by atomic mass is 32.2. The molecule has 1 amide bonds. The van der Waals surface area contributed by atoms with Crippen LogP contribution >= 0.6 is 11.8 Å². The molecule has 0 radical (unpaired) electrons. The smallest absolute Gasteiger partial charge is 0.252 e. The van der Waals surface area contributed by atoms with Crippen LogP contribution in [0.25, 0.3) is 0 Å². The van der Waals surface area contributed by atoms with E-state index < -0.39 is 0 Å². The molecule has 0 bridgehead atoms. The lowest BCUT2D eigenvalue weighted by Gasteiger charge is -2.09. The Morgan fingerprint density at radius 3 is 2.59 bits per heavy atom. The number of thioether (sulfide) groups is 1. The topological polar surface area (TPSA) is 29.1 Å². The lowest BCUT2D eigenvalue weighted by atomic mass is 10.1. The van der Waals surface area contributed by atoms with E-state index in [1.165, 1.54) is 12.1 Å². The number of carbonyl (C=O) groups excluding carboxylic acids is 1. The van der Waals surface area contributed by atoms with Gasteiger partial charge in [0.1, 0.15) is 5.82 Å². The van der Waals surface area contributed by atoms with Crippen molar-refractivity contribution in [3.05, 3.63) is 65.5 Å². The Bertz CT molecular complexity index is 613. The fourth-order valence-corrected chi connectivity index (χ4v) is 2.98. The third kappa shape index (κ3) is 4.88. The molecule has 0 aliphatic carbocycles. The van der Waals surface area contributed by atoms with E-state index >= 15 is 0 Å². The van der Waals surface area contributed by atoms with E-state index in [4.69, 9.17) is 0 Å². The third-order valence-electron chi connectivity index (χ3n) is 3.27. The molecule has 2 rings (SSSR count). The van der Waals surface area contributed by atoms with Crippen LogP contribution < -0.4 is 5.32 Å². The summed E-state index contributed by atoms with van der Waals surface area (Å²) in [5, 5.41) is 2.95. The molecule has 0 fully saturated rings. The summed E-state index contributed by atoms with van der Waals surface area (Å²) in [6.07, 6.45) is 1.66. The summed E-state index contributed by atoms with van der Waals surface area (Å²) in [4.78, 5) is 13.2. The van der Waals surface area contributed by atoms with Crippen molar-refractivity contribution < 1.29 is 9.18 Å². The Kier molecular flexibility index (Phi) is 6.46. The van der Waals surface area contributed by atoms with Crippen LogP contribution in [0.1, 0.15) is 29.3 Å². The lowest BCUT2D eigenvalue weighted by Crippen LogP contribution is -2.25.